The lowest BCUT2D eigenvalue weighted by Gasteiger charge is -2.25. The Balaban J connectivity index is 2.21. The summed E-state index contributed by atoms with van der Waals surface area (Å²) >= 11 is 0. The van der Waals surface area contributed by atoms with Gasteiger partial charge in [-0.15, -0.1) is 0 Å². The zero-order valence-electron chi connectivity index (χ0n) is 22.2. The summed E-state index contributed by atoms with van der Waals surface area (Å²) in [6.07, 6.45) is 4.31. The maximum absolute atomic E-state index is 13.3. The molecule has 2 rings (SSSR count). The predicted octanol–water partition coefficient (Wildman–Crippen LogP) is -0.448. The number of carboxylic acids is 1. The molecule has 13 heteroatoms. The lowest BCUT2D eigenvalue weighted by Crippen LogP contribution is -2.58. The molecule has 1 aromatic carbocycles. The molecule has 2 aromatic rings. The summed E-state index contributed by atoms with van der Waals surface area (Å²) in [6, 6.07) is 1.67. The van der Waals surface area contributed by atoms with Crippen molar-refractivity contribution in [3.8, 4) is 5.75 Å². The minimum atomic E-state index is -1.30. The highest BCUT2D eigenvalue weighted by molar-refractivity contribution is 5.94. The Morgan fingerprint density at radius 1 is 0.923 bits per heavy atom. The van der Waals surface area contributed by atoms with Crippen molar-refractivity contribution >= 4 is 23.7 Å². The number of aromatic nitrogens is 2. The van der Waals surface area contributed by atoms with Crippen LogP contribution in [0.4, 0.5) is 0 Å². The van der Waals surface area contributed by atoms with Crippen LogP contribution in [0.25, 0.3) is 0 Å². The number of phenols is 1. The molecule has 13 nitrogen and oxygen atoms in total. The van der Waals surface area contributed by atoms with Gasteiger partial charge in [-0.3, -0.25) is 14.4 Å². The molecule has 0 aliphatic rings. The number of carbonyl (C=O) groups is 4. The topological polar surface area (TPSA) is 226 Å². The van der Waals surface area contributed by atoms with Crippen molar-refractivity contribution in [2.24, 2.45) is 17.4 Å². The number of H-pyrrole nitrogens is 1. The van der Waals surface area contributed by atoms with Gasteiger partial charge in [-0.05, 0) is 49.4 Å². The molecule has 0 bridgehead atoms. The van der Waals surface area contributed by atoms with Crippen molar-refractivity contribution in [3.05, 3.63) is 48.0 Å². The van der Waals surface area contributed by atoms with Crippen LogP contribution in [0.1, 0.15) is 44.4 Å². The fraction of sp³-hybridized carbons (Fsp3) is 0.500. The van der Waals surface area contributed by atoms with Gasteiger partial charge in [-0.25, -0.2) is 9.78 Å². The van der Waals surface area contributed by atoms with E-state index in [2.05, 4.69) is 25.9 Å². The third kappa shape index (κ3) is 10.4. The number of amides is 3. The Morgan fingerprint density at radius 2 is 1.54 bits per heavy atom. The van der Waals surface area contributed by atoms with Crippen molar-refractivity contribution in [3.63, 3.8) is 0 Å². The normalized spacial score (nSPS) is 14.2. The van der Waals surface area contributed by atoms with Crippen LogP contribution in [0.5, 0.6) is 5.75 Å². The number of nitrogens with one attached hydrogen (secondary N) is 4. The van der Waals surface area contributed by atoms with Gasteiger partial charge in [-0.1, -0.05) is 26.0 Å². The van der Waals surface area contributed by atoms with E-state index in [9.17, 15) is 29.4 Å². The quantitative estimate of drug-likeness (QED) is 0.128. The Labute approximate surface area is 227 Å². The number of aromatic hydroxyl groups is 1. The molecule has 1 aromatic heterocycles. The van der Waals surface area contributed by atoms with E-state index in [0.29, 0.717) is 30.6 Å². The van der Waals surface area contributed by atoms with E-state index in [4.69, 9.17) is 11.5 Å². The molecule has 0 aliphatic heterocycles. The molecule has 39 heavy (non-hydrogen) atoms. The maximum atomic E-state index is 13.3. The van der Waals surface area contributed by atoms with Crippen molar-refractivity contribution < 1.29 is 29.4 Å². The lowest BCUT2D eigenvalue weighted by atomic mass is 10.0. The van der Waals surface area contributed by atoms with Crippen LogP contribution in [-0.2, 0) is 32.0 Å². The first kappa shape index (κ1) is 31.2. The first-order chi connectivity index (χ1) is 18.5. The summed E-state index contributed by atoms with van der Waals surface area (Å²) in [5.74, 6) is -3.22. The third-order valence-corrected chi connectivity index (χ3v) is 6.20. The van der Waals surface area contributed by atoms with Crippen molar-refractivity contribution in [1.29, 1.82) is 0 Å². The molecule has 10 N–H and O–H groups in total. The number of carboxylic acid groups (broad SMARTS) is 1. The number of imidazole rings is 1. The zero-order valence-corrected chi connectivity index (χ0v) is 22.2. The Hall–Kier alpha value is -3.97. The maximum Gasteiger partial charge on any atom is 0.326 e. The third-order valence-electron chi connectivity index (χ3n) is 6.20. The highest BCUT2D eigenvalue weighted by Gasteiger charge is 2.31. The minimum absolute atomic E-state index is 0.00189. The fourth-order valence-electron chi connectivity index (χ4n) is 3.77. The Kier molecular flexibility index (Phi) is 12.4. The van der Waals surface area contributed by atoms with Crippen LogP contribution in [-0.4, -0.2) is 74.6 Å². The number of aliphatic carboxylic acids is 1. The second kappa shape index (κ2) is 15.4. The highest BCUT2D eigenvalue weighted by atomic mass is 16.4. The molecular formula is C26H39N7O6. The number of phenolic OH excluding ortho intramolecular Hbond substituents is 1. The van der Waals surface area contributed by atoms with Gasteiger partial charge in [0.1, 0.15) is 23.9 Å². The monoisotopic (exact) mass is 545 g/mol. The molecule has 0 spiro atoms. The van der Waals surface area contributed by atoms with E-state index in [0.717, 1.165) is 0 Å². The average Bonchev–Trinajstić information content (AvgIpc) is 3.41. The first-order valence-electron chi connectivity index (χ1n) is 12.9. The van der Waals surface area contributed by atoms with Gasteiger partial charge in [-0.2, -0.15) is 0 Å². The number of carbonyl (C=O) groups excluding carboxylic acids is 3. The van der Waals surface area contributed by atoms with E-state index in [1.54, 1.807) is 26.0 Å². The van der Waals surface area contributed by atoms with E-state index in [1.165, 1.54) is 24.7 Å². The first-order valence-corrected chi connectivity index (χ1v) is 12.9. The molecule has 1 heterocycles. The number of benzene rings is 1. The van der Waals surface area contributed by atoms with Crippen molar-refractivity contribution in [2.75, 3.05) is 6.54 Å². The Morgan fingerprint density at radius 3 is 2.10 bits per heavy atom. The van der Waals surface area contributed by atoms with E-state index >= 15 is 0 Å². The molecule has 0 saturated heterocycles. The number of aromatic amines is 1. The summed E-state index contributed by atoms with van der Waals surface area (Å²) in [5.41, 5.74) is 12.6. The second-order valence-corrected chi connectivity index (χ2v) is 9.73. The van der Waals surface area contributed by atoms with E-state index in [1.807, 2.05) is 0 Å². The lowest BCUT2D eigenvalue weighted by molar-refractivity contribution is -0.142. The summed E-state index contributed by atoms with van der Waals surface area (Å²) < 4.78 is 0. The van der Waals surface area contributed by atoms with Gasteiger partial charge in [0.2, 0.25) is 17.7 Å². The smallest absolute Gasteiger partial charge is 0.326 e. The summed E-state index contributed by atoms with van der Waals surface area (Å²) in [5, 5.41) is 27.0. The van der Waals surface area contributed by atoms with Gasteiger partial charge in [0.15, 0.2) is 0 Å². The SMILES string of the molecule is CC(C)C(N)C(=O)NC(CCCCN)C(=O)NC(Cc1cnc[nH]1)C(=O)NC(Cc1ccc(O)cc1)C(=O)O. The zero-order chi connectivity index (χ0) is 28.9. The summed E-state index contributed by atoms with van der Waals surface area (Å²) in [6.45, 7) is 3.99. The van der Waals surface area contributed by atoms with Crippen molar-refractivity contribution in [1.82, 2.24) is 25.9 Å². The molecule has 3 amide bonds. The molecule has 4 unspecified atom stereocenters. The van der Waals surface area contributed by atoms with Crippen LogP contribution in [0, 0.1) is 5.92 Å². The molecule has 214 valence electrons. The molecule has 0 saturated carbocycles. The van der Waals surface area contributed by atoms with E-state index in [-0.39, 0.29) is 30.9 Å². The molecular weight excluding hydrogens is 506 g/mol. The van der Waals surface area contributed by atoms with Crippen LogP contribution in [0.15, 0.2) is 36.8 Å². The molecule has 4 atom stereocenters. The van der Waals surface area contributed by atoms with Gasteiger partial charge in [0.25, 0.3) is 0 Å². The van der Waals surface area contributed by atoms with Crippen LogP contribution in [0.3, 0.4) is 0 Å². The van der Waals surface area contributed by atoms with Crippen LogP contribution in [0.2, 0.25) is 0 Å². The number of nitrogens with zero attached hydrogens (tertiary/aromatic N) is 1. The highest BCUT2D eigenvalue weighted by Crippen LogP contribution is 2.12. The minimum Gasteiger partial charge on any atom is -0.508 e. The van der Waals surface area contributed by atoms with E-state index < -0.39 is 47.9 Å². The van der Waals surface area contributed by atoms with Crippen LogP contribution < -0.4 is 27.4 Å². The van der Waals surface area contributed by atoms with Gasteiger partial charge in [0.05, 0.1) is 12.4 Å². The predicted molar refractivity (Wildman–Crippen MR) is 143 cm³/mol. The number of unbranched alkanes of at least 4 members (excludes halogenated alkanes) is 1. The number of rotatable bonds is 16. The summed E-state index contributed by atoms with van der Waals surface area (Å²) in [7, 11) is 0. The summed E-state index contributed by atoms with van der Waals surface area (Å²) in [4.78, 5) is 57.9. The fourth-order valence-corrected chi connectivity index (χ4v) is 3.77. The largest absolute Gasteiger partial charge is 0.508 e. The number of hydrogen-bond donors (Lipinski definition) is 8. The molecule has 0 radical (unpaired) electrons. The standard InChI is InChI=1S/C26H39N7O6/c1-15(2)22(28)25(37)31-19(5-3-4-10-27)23(35)32-20(12-17-13-29-14-30-17)24(36)33-21(26(38)39)11-16-6-8-18(34)9-7-16/h6-9,13-15,19-22,34H,3-5,10-12,27-28H2,1-2H3,(H,29,30)(H,31,37)(H,32,35)(H,33,36)(H,38,39). The molecule has 0 fully saturated rings. The van der Waals surface area contributed by atoms with Crippen LogP contribution >= 0.6 is 0 Å². The molecule has 0 aliphatic carbocycles. The average molecular weight is 546 g/mol. The number of nitrogens with two attached hydrogens (primary N) is 2. The van der Waals surface area contributed by atoms with Gasteiger partial charge < -0.3 is 42.6 Å². The van der Waals surface area contributed by atoms with Crippen molar-refractivity contribution in [2.45, 2.75) is 70.1 Å². The second-order valence-electron chi connectivity index (χ2n) is 9.73. The Bertz CT molecular complexity index is 1070. The number of hydrogen-bond acceptors (Lipinski definition) is 8. The van der Waals surface area contributed by atoms with Gasteiger partial charge in [0, 0.05) is 24.7 Å². The van der Waals surface area contributed by atoms with Gasteiger partial charge >= 0.3 is 5.97 Å².